The summed E-state index contributed by atoms with van der Waals surface area (Å²) in [6.45, 7) is 2.27. The molecule has 0 radical (unpaired) electrons. The van der Waals surface area contributed by atoms with Gasteiger partial charge < -0.3 is 19.5 Å². The minimum atomic E-state index is -1.88. The first-order valence-corrected chi connectivity index (χ1v) is 10.1. The van der Waals surface area contributed by atoms with Crippen molar-refractivity contribution in [3.05, 3.63) is 0 Å². The third-order valence-corrected chi connectivity index (χ3v) is 4.74. The SMILES string of the molecule is CC#CCNC(=O)OC(COCCOCCN1C(=O)CC(P)C1=O)C(Cl)(Cl)Cl. The second kappa shape index (κ2) is 12.7. The number of rotatable bonds is 10. The Bertz CT molecular complexity index is 620. The van der Waals surface area contributed by atoms with Gasteiger partial charge in [-0.3, -0.25) is 14.5 Å². The molecule has 0 aliphatic carbocycles. The first kappa shape index (κ1) is 25.2. The lowest BCUT2D eigenvalue weighted by molar-refractivity contribution is -0.139. The summed E-state index contributed by atoms with van der Waals surface area (Å²) >= 11 is 17.4. The van der Waals surface area contributed by atoms with Crippen molar-refractivity contribution in [1.29, 1.82) is 0 Å². The fourth-order valence-electron chi connectivity index (χ4n) is 2.08. The Hall–Kier alpha value is -0.810. The standard InChI is InChI=1S/C16H22Cl3N2O6P/c1-2-3-4-20-15(24)27-12(16(17,18)19)10-26-8-7-25-6-5-21-13(22)9-11(28)14(21)23/h11-12H,4-10,28H2,1H3,(H,20,24). The van der Waals surface area contributed by atoms with E-state index in [0.717, 1.165) is 0 Å². The van der Waals surface area contributed by atoms with Crippen LogP contribution in [0.25, 0.3) is 0 Å². The van der Waals surface area contributed by atoms with Crippen molar-refractivity contribution in [3.63, 3.8) is 0 Å². The molecule has 158 valence electrons. The van der Waals surface area contributed by atoms with E-state index in [2.05, 4.69) is 26.4 Å². The molecule has 1 saturated heterocycles. The van der Waals surface area contributed by atoms with Crippen LogP contribution in [0.5, 0.6) is 0 Å². The number of likely N-dealkylation sites (tertiary alicyclic amines) is 1. The minimum Gasteiger partial charge on any atom is -0.439 e. The molecular weight excluding hydrogens is 454 g/mol. The van der Waals surface area contributed by atoms with E-state index in [1.54, 1.807) is 6.92 Å². The quantitative estimate of drug-likeness (QED) is 0.169. The van der Waals surface area contributed by atoms with Crippen LogP contribution in [-0.2, 0) is 23.8 Å². The monoisotopic (exact) mass is 474 g/mol. The van der Waals surface area contributed by atoms with Gasteiger partial charge in [-0.2, -0.15) is 0 Å². The van der Waals surface area contributed by atoms with Crippen molar-refractivity contribution < 1.29 is 28.6 Å². The highest BCUT2D eigenvalue weighted by Gasteiger charge is 2.36. The van der Waals surface area contributed by atoms with Crippen LogP contribution in [0, 0.1) is 11.8 Å². The summed E-state index contributed by atoms with van der Waals surface area (Å²) in [5.74, 6) is 4.81. The Morgan fingerprint density at radius 3 is 2.57 bits per heavy atom. The molecule has 1 heterocycles. The number of nitrogens with zero attached hydrogens (tertiary/aromatic N) is 1. The molecule has 1 fully saturated rings. The molecule has 28 heavy (non-hydrogen) atoms. The average Bonchev–Trinajstić information content (AvgIpc) is 2.85. The Morgan fingerprint density at radius 2 is 2.00 bits per heavy atom. The zero-order valence-electron chi connectivity index (χ0n) is 15.2. The van der Waals surface area contributed by atoms with E-state index in [4.69, 9.17) is 49.0 Å². The summed E-state index contributed by atoms with van der Waals surface area (Å²) in [6, 6.07) is 0. The maximum atomic E-state index is 11.7. The number of alkyl carbamates (subject to hydrolysis) is 1. The van der Waals surface area contributed by atoms with Crippen LogP contribution in [0.2, 0.25) is 0 Å². The average molecular weight is 476 g/mol. The Kier molecular flexibility index (Phi) is 11.4. The van der Waals surface area contributed by atoms with E-state index in [0.29, 0.717) is 0 Å². The molecule has 1 rings (SSSR count). The molecule has 0 bridgehead atoms. The van der Waals surface area contributed by atoms with Gasteiger partial charge >= 0.3 is 6.09 Å². The molecule has 3 atom stereocenters. The topological polar surface area (TPSA) is 94.2 Å². The van der Waals surface area contributed by atoms with Gasteiger partial charge in [-0.15, -0.1) is 15.2 Å². The van der Waals surface area contributed by atoms with Crippen molar-refractivity contribution in [2.75, 3.05) is 39.5 Å². The smallest absolute Gasteiger partial charge is 0.408 e. The molecule has 1 aliphatic rings. The van der Waals surface area contributed by atoms with Gasteiger partial charge in [-0.25, -0.2) is 4.79 Å². The van der Waals surface area contributed by atoms with Crippen molar-refractivity contribution >= 4 is 62.0 Å². The van der Waals surface area contributed by atoms with Gasteiger partial charge in [0, 0.05) is 6.42 Å². The first-order chi connectivity index (χ1) is 13.2. The minimum absolute atomic E-state index is 0.107. The Labute approximate surface area is 181 Å². The van der Waals surface area contributed by atoms with E-state index in [9.17, 15) is 14.4 Å². The molecule has 0 aromatic rings. The first-order valence-electron chi connectivity index (χ1n) is 8.33. The predicted octanol–water partition coefficient (Wildman–Crippen LogP) is 1.51. The second-order valence-corrected chi connectivity index (χ2v) is 8.77. The third kappa shape index (κ3) is 9.13. The summed E-state index contributed by atoms with van der Waals surface area (Å²) in [4.78, 5) is 36.2. The molecule has 1 aliphatic heterocycles. The summed E-state index contributed by atoms with van der Waals surface area (Å²) < 4.78 is 13.8. The summed E-state index contributed by atoms with van der Waals surface area (Å²) in [5.41, 5.74) is -0.360. The summed E-state index contributed by atoms with van der Waals surface area (Å²) in [7, 11) is 2.35. The van der Waals surface area contributed by atoms with Gasteiger partial charge in [0.05, 0.1) is 45.2 Å². The van der Waals surface area contributed by atoms with Gasteiger partial charge in [-0.1, -0.05) is 40.7 Å². The lowest BCUT2D eigenvalue weighted by atomic mass is 10.4. The second-order valence-electron chi connectivity index (χ2n) is 5.60. The van der Waals surface area contributed by atoms with Gasteiger partial charge in [0.1, 0.15) is 0 Å². The molecule has 8 nitrogen and oxygen atoms in total. The maximum Gasteiger partial charge on any atom is 0.408 e. The molecule has 3 amide bonds. The van der Waals surface area contributed by atoms with Crippen LogP contribution < -0.4 is 5.32 Å². The van der Waals surface area contributed by atoms with Crippen molar-refractivity contribution in [1.82, 2.24) is 10.2 Å². The maximum absolute atomic E-state index is 11.7. The van der Waals surface area contributed by atoms with Crippen molar-refractivity contribution in [3.8, 4) is 11.8 Å². The fourth-order valence-corrected chi connectivity index (χ4v) is 2.78. The number of alkyl halides is 3. The van der Waals surface area contributed by atoms with Crippen molar-refractivity contribution in [2.24, 2.45) is 0 Å². The molecule has 0 aromatic heterocycles. The molecule has 12 heteroatoms. The lowest BCUT2D eigenvalue weighted by Crippen LogP contribution is -2.39. The highest BCUT2D eigenvalue weighted by molar-refractivity contribution is 7.19. The number of nitrogens with one attached hydrogen (secondary N) is 1. The number of imide groups is 1. The molecule has 3 unspecified atom stereocenters. The molecule has 0 spiro atoms. The van der Waals surface area contributed by atoms with Crippen molar-refractivity contribution in [2.45, 2.75) is 28.9 Å². The van der Waals surface area contributed by atoms with E-state index < -0.39 is 16.0 Å². The number of halogens is 3. The van der Waals surface area contributed by atoms with E-state index in [-0.39, 0.29) is 63.4 Å². The van der Waals surface area contributed by atoms with Crippen LogP contribution >= 0.6 is 44.0 Å². The molecular formula is C16H22Cl3N2O6P. The van der Waals surface area contributed by atoms with Gasteiger partial charge in [0.2, 0.25) is 15.6 Å². The van der Waals surface area contributed by atoms with Crippen LogP contribution in [-0.4, -0.2) is 77.9 Å². The van der Waals surface area contributed by atoms with Crippen LogP contribution in [0.3, 0.4) is 0 Å². The van der Waals surface area contributed by atoms with Gasteiger partial charge in [-0.05, 0) is 6.92 Å². The van der Waals surface area contributed by atoms with E-state index in [1.807, 2.05) is 0 Å². The summed E-state index contributed by atoms with van der Waals surface area (Å²) in [6.07, 6.45) is -1.72. The molecule has 1 N–H and O–H groups in total. The van der Waals surface area contributed by atoms with Gasteiger partial charge in [0.15, 0.2) is 6.10 Å². The number of carbonyl (C=O) groups excluding carboxylic acids is 3. The Morgan fingerprint density at radius 1 is 1.32 bits per heavy atom. The highest BCUT2D eigenvalue weighted by Crippen LogP contribution is 2.32. The highest BCUT2D eigenvalue weighted by atomic mass is 35.6. The number of ether oxygens (including phenoxy) is 3. The van der Waals surface area contributed by atoms with Crippen LogP contribution in [0.1, 0.15) is 13.3 Å². The zero-order valence-corrected chi connectivity index (χ0v) is 18.6. The number of amides is 3. The molecule has 0 saturated carbocycles. The van der Waals surface area contributed by atoms with E-state index >= 15 is 0 Å². The molecule has 0 aromatic carbocycles. The third-order valence-electron chi connectivity index (χ3n) is 3.49. The van der Waals surface area contributed by atoms with Crippen LogP contribution in [0.15, 0.2) is 0 Å². The number of hydrogen-bond donors (Lipinski definition) is 1. The van der Waals surface area contributed by atoms with E-state index in [1.165, 1.54) is 4.90 Å². The largest absolute Gasteiger partial charge is 0.439 e. The van der Waals surface area contributed by atoms with Crippen LogP contribution in [0.4, 0.5) is 4.79 Å². The predicted molar refractivity (Wildman–Crippen MR) is 108 cm³/mol. The summed E-state index contributed by atoms with van der Waals surface area (Å²) in [5, 5.41) is 2.39. The Balaban J connectivity index is 2.23. The number of carbonyl (C=O) groups is 3. The van der Waals surface area contributed by atoms with Gasteiger partial charge in [0.25, 0.3) is 0 Å². The normalized spacial score (nSPS) is 17.9. The fraction of sp³-hybridized carbons (Fsp3) is 0.688. The zero-order chi connectivity index (χ0) is 21.2. The number of hydrogen-bond acceptors (Lipinski definition) is 6. The lowest BCUT2D eigenvalue weighted by Gasteiger charge is -2.24.